The number of para-hydroxylation sites is 1. The van der Waals surface area contributed by atoms with Gasteiger partial charge in [-0.3, -0.25) is 4.98 Å². The molecular weight excluding hydrogens is 346 g/mol. The van der Waals surface area contributed by atoms with Gasteiger partial charge in [0.05, 0.1) is 11.3 Å². The quantitative estimate of drug-likeness (QED) is 0.727. The number of hydrogen-bond donors (Lipinski definition) is 2. The molecule has 0 aliphatic carbocycles. The molecule has 2 aromatic carbocycles. The van der Waals surface area contributed by atoms with Gasteiger partial charge in [-0.25, -0.2) is 13.1 Å². The first-order valence-electron chi connectivity index (χ1n) is 8.73. The van der Waals surface area contributed by atoms with Crippen LogP contribution in [0.2, 0.25) is 0 Å². The molecule has 0 saturated carbocycles. The van der Waals surface area contributed by atoms with Gasteiger partial charge >= 0.3 is 0 Å². The minimum Gasteiger partial charge on any atom is -0.308 e. The van der Waals surface area contributed by atoms with Crippen molar-refractivity contribution >= 4 is 20.9 Å². The molecule has 1 aromatic heterocycles. The van der Waals surface area contributed by atoms with Crippen molar-refractivity contribution in [3.8, 4) is 0 Å². The maximum absolute atomic E-state index is 12.6. The van der Waals surface area contributed by atoms with Gasteiger partial charge in [-0.15, -0.1) is 0 Å². The van der Waals surface area contributed by atoms with Crippen LogP contribution in [0.25, 0.3) is 10.9 Å². The van der Waals surface area contributed by atoms with E-state index in [0.717, 1.165) is 23.9 Å². The van der Waals surface area contributed by atoms with Crippen molar-refractivity contribution in [3.63, 3.8) is 0 Å². The molecule has 1 unspecified atom stereocenters. The van der Waals surface area contributed by atoms with Crippen molar-refractivity contribution in [2.45, 2.75) is 18.2 Å². The molecule has 26 heavy (non-hydrogen) atoms. The number of sulfonamides is 1. The molecule has 1 atom stereocenters. The summed E-state index contributed by atoms with van der Waals surface area (Å²) >= 11 is 0. The lowest BCUT2D eigenvalue weighted by atomic mass is 9.95. The molecule has 134 valence electrons. The third-order valence-electron chi connectivity index (χ3n) is 4.78. The monoisotopic (exact) mass is 367 g/mol. The van der Waals surface area contributed by atoms with Gasteiger partial charge in [0.15, 0.2) is 0 Å². The summed E-state index contributed by atoms with van der Waals surface area (Å²) in [6.07, 6.45) is 2.66. The fourth-order valence-corrected chi connectivity index (χ4v) is 4.69. The Kier molecular flexibility index (Phi) is 4.72. The molecule has 6 heteroatoms. The van der Waals surface area contributed by atoms with E-state index in [-0.39, 0.29) is 11.8 Å². The van der Waals surface area contributed by atoms with Crippen molar-refractivity contribution < 1.29 is 8.42 Å². The molecule has 5 nitrogen and oxygen atoms in total. The van der Waals surface area contributed by atoms with E-state index in [4.69, 9.17) is 0 Å². The van der Waals surface area contributed by atoms with E-state index in [0.29, 0.717) is 12.1 Å². The van der Waals surface area contributed by atoms with Crippen LogP contribution in [-0.2, 0) is 22.2 Å². The Morgan fingerprint density at radius 1 is 1.08 bits per heavy atom. The van der Waals surface area contributed by atoms with Crippen molar-refractivity contribution in [1.29, 1.82) is 0 Å². The largest absolute Gasteiger partial charge is 0.308 e. The van der Waals surface area contributed by atoms with Gasteiger partial charge in [-0.1, -0.05) is 48.5 Å². The van der Waals surface area contributed by atoms with E-state index >= 15 is 0 Å². The molecular formula is C20H21N3O2S. The van der Waals surface area contributed by atoms with Crippen molar-refractivity contribution in [3.05, 3.63) is 77.5 Å². The summed E-state index contributed by atoms with van der Waals surface area (Å²) < 4.78 is 28.0. The van der Waals surface area contributed by atoms with E-state index in [1.54, 1.807) is 6.20 Å². The second-order valence-corrected chi connectivity index (χ2v) is 8.36. The van der Waals surface area contributed by atoms with Crippen LogP contribution in [0.5, 0.6) is 0 Å². The zero-order valence-electron chi connectivity index (χ0n) is 14.4. The number of fused-ring (bicyclic) bond motifs is 2. The zero-order chi connectivity index (χ0) is 18.0. The number of benzene rings is 2. The minimum atomic E-state index is -3.46. The van der Waals surface area contributed by atoms with E-state index in [1.807, 2.05) is 42.5 Å². The highest BCUT2D eigenvalue weighted by Gasteiger charge is 2.22. The molecule has 4 rings (SSSR count). The highest BCUT2D eigenvalue weighted by Crippen LogP contribution is 2.22. The molecule has 1 aliphatic rings. The van der Waals surface area contributed by atoms with Gasteiger partial charge in [0, 0.05) is 24.2 Å². The smallest absolute Gasteiger partial charge is 0.215 e. The maximum Gasteiger partial charge on any atom is 0.215 e. The predicted octanol–water partition coefficient (Wildman–Crippen LogP) is 2.54. The summed E-state index contributed by atoms with van der Waals surface area (Å²) in [6, 6.07) is 17.6. The van der Waals surface area contributed by atoms with E-state index < -0.39 is 10.0 Å². The van der Waals surface area contributed by atoms with Gasteiger partial charge < -0.3 is 5.32 Å². The molecule has 2 N–H and O–H groups in total. The standard InChI is InChI=1S/C20H21N3O2S/c24-26(25,14-17-7-3-6-16-8-4-11-22-20(16)17)23-13-19-18-9-2-1-5-15(18)10-12-21-19/h1-9,11,19,21,23H,10,12-14H2. The molecule has 0 radical (unpaired) electrons. The van der Waals surface area contributed by atoms with E-state index in [9.17, 15) is 8.42 Å². The summed E-state index contributed by atoms with van der Waals surface area (Å²) in [5.41, 5.74) is 3.91. The lowest BCUT2D eigenvalue weighted by Gasteiger charge is -2.27. The lowest BCUT2D eigenvalue weighted by Crippen LogP contribution is -2.39. The molecule has 0 saturated heterocycles. The van der Waals surface area contributed by atoms with Crippen LogP contribution in [0.15, 0.2) is 60.8 Å². The third-order valence-corrected chi connectivity index (χ3v) is 6.08. The van der Waals surface area contributed by atoms with Crippen LogP contribution in [-0.4, -0.2) is 26.5 Å². The summed E-state index contributed by atoms with van der Waals surface area (Å²) in [5.74, 6) is -0.0737. The zero-order valence-corrected chi connectivity index (χ0v) is 15.2. The fourth-order valence-electron chi connectivity index (χ4n) is 3.52. The molecule has 0 spiro atoms. The number of hydrogen-bond acceptors (Lipinski definition) is 4. The Labute approximate surface area is 153 Å². The normalized spacial score (nSPS) is 17.2. The number of nitrogens with zero attached hydrogens (tertiary/aromatic N) is 1. The van der Waals surface area contributed by atoms with E-state index in [1.165, 1.54) is 11.1 Å². The van der Waals surface area contributed by atoms with E-state index in [2.05, 4.69) is 27.2 Å². The molecule has 0 bridgehead atoms. The Morgan fingerprint density at radius 2 is 1.92 bits per heavy atom. The summed E-state index contributed by atoms with van der Waals surface area (Å²) in [7, 11) is -3.46. The lowest BCUT2D eigenvalue weighted by molar-refractivity contribution is 0.491. The first-order valence-corrected chi connectivity index (χ1v) is 10.4. The summed E-state index contributed by atoms with van der Waals surface area (Å²) in [5, 5.41) is 4.35. The molecule has 0 fully saturated rings. The summed E-state index contributed by atoms with van der Waals surface area (Å²) in [6.45, 7) is 1.20. The van der Waals surface area contributed by atoms with Crippen LogP contribution in [0.4, 0.5) is 0 Å². The van der Waals surface area contributed by atoms with Crippen LogP contribution in [0.3, 0.4) is 0 Å². The average Bonchev–Trinajstić information content (AvgIpc) is 2.66. The van der Waals surface area contributed by atoms with Crippen LogP contribution < -0.4 is 10.0 Å². The van der Waals surface area contributed by atoms with Crippen LogP contribution >= 0.6 is 0 Å². The fraction of sp³-hybridized carbons (Fsp3) is 0.250. The van der Waals surface area contributed by atoms with Gasteiger partial charge in [0.25, 0.3) is 0 Å². The van der Waals surface area contributed by atoms with Crippen molar-refractivity contribution in [2.24, 2.45) is 0 Å². The first-order chi connectivity index (χ1) is 12.6. The number of nitrogens with one attached hydrogen (secondary N) is 2. The van der Waals surface area contributed by atoms with Crippen molar-refractivity contribution in [1.82, 2.24) is 15.0 Å². The van der Waals surface area contributed by atoms with Crippen LogP contribution in [0, 0.1) is 0 Å². The Bertz CT molecular complexity index is 1030. The van der Waals surface area contributed by atoms with Crippen molar-refractivity contribution in [2.75, 3.05) is 13.1 Å². The average molecular weight is 367 g/mol. The maximum atomic E-state index is 12.6. The number of pyridine rings is 1. The second-order valence-electron chi connectivity index (χ2n) is 6.56. The Morgan fingerprint density at radius 3 is 2.85 bits per heavy atom. The van der Waals surface area contributed by atoms with Gasteiger partial charge in [0.1, 0.15) is 0 Å². The first kappa shape index (κ1) is 17.1. The van der Waals surface area contributed by atoms with Crippen LogP contribution in [0.1, 0.15) is 22.7 Å². The predicted molar refractivity (Wildman–Crippen MR) is 103 cm³/mol. The molecule has 3 aromatic rings. The molecule has 0 amide bonds. The number of aromatic nitrogens is 1. The highest BCUT2D eigenvalue weighted by molar-refractivity contribution is 7.88. The number of rotatable bonds is 5. The second kappa shape index (κ2) is 7.15. The topological polar surface area (TPSA) is 71.1 Å². The third kappa shape index (κ3) is 3.62. The highest BCUT2D eigenvalue weighted by atomic mass is 32.2. The Hall–Kier alpha value is -2.28. The van der Waals surface area contributed by atoms with Gasteiger partial charge in [-0.05, 0) is 35.7 Å². The molecule has 1 aliphatic heterocycles. The molecule has 2 heterocycles. The SMILES string of the molecule is O=S(=O)(Cc1cccc2cccnc12)NCC1NCCc2ccccc21. The van der Waals surface area contributed by atoms with Gasteiger partial charge in [-0.2, -0.15) is 0 Å². The minimum absolute atomic E-state index is 0.000340. The summed E-state index contributed by atoms with van der Waals surface area (Å²) in [4.78, 5) is 4.34. The van der Waals surface area contributed by atoms with Gasteiger partial charge in [0.2, 0.25) is 10.0 Å². The Balaban J connectivity index is 1.50.